The van der Waals surface area contributed by atoms with Gasteiger partial charge in [0.25, 0.3) is 5.91 Å². The minimum Gasteiger partial charge on any atom is -0.497 e. The number of rotatable bonds is 4. The number of benzene rings is 3. The van der Waals surface area contributed by atoms with Crippen molar-refractivity contribution in [2.45, 2.75) is 6.92 Å². The number of fused-ring (bicyclic) bond motifs is 1. The number of carbonyl (C=O) groups is 1. The molecule has 4 aromatic rings. The summed E-state index contributed by atoms with van der Waals surface area (Å²) in [4.78, 5) is 17.0. The van der Waals surface area contributed by atoms with Gasteiger partial charge in [-0.15, -0.1) is 0 Å². The second-order valence-corrected chi connectivity index (χ2v) is 6.20. The van der Waals surface area contributed by atoms with Crippen molar-refractivity contribution in [3.63, 3.8) is 0 Å². The summed E-state index contributed by atoms with van der Waals surface area (Å²) in [7, 11) is 1.61. The zero-order chi connectivity index (χ0) is 18.8. The molecule has 3 aromatic carbocycles. The first kappa shape index (κ1) is 16.8. The van der Waals surface area contributed by atoms with Gasteiger partial charge in [0.05, 0.1) is 7.11 Å². The van der Waals surface area contributed by atoms with Crippen LogP contribution in [0.1, 0.15) is 15.9 Å². The molecule has 0 aliphatic heterocycles. The summed E-state index contributed by atoms with van der Waals surface area (Å²) >= 11 is 0. The van der Waals surface area contributed by atoms with Gasteiger partial charge in [-0.25, -0.2) is 4.98 Å². The highest BCUT2D eigenvalue weighted by Gasteiger charge is 2.13. The van der Waals surface area contributed by atoms with E-state index in [1.807, 2.05) is 61.5 Å². The van der Waals surface area contributed by atoms with Gasteiger partial charge < -0.3 is 14.5 Å². The highest BCUT2D eigenvalue weighted by atomic mass is 16.5. The lowest BCUT2D eigenvalue weighted by Crippen LogP contribution is -2.12. The fourth-order valence-corrected chi connectivity index (χ4v) is 2.83. The Morgan fingerprint density at radius 3 is 2.63 bits per heavy atom. The molecule has 0 bridgehead atoms. The van der Waals surface area contributed by atoms with Crippen molar-refractivity contribution in [3.8, 4) is 17.2 Å². The molecule has 1 heterocycles. The normalized spacial score (nSPS) is 10.7. The minimum atomic E-state index is -0.154. The van der Waals surface area contributed by atoms with Crippen molar-refractivity contribution in [1.29, 1.82) is 0 Å². The van der Waals surface area contributed by atoms with E-state index in [1.54, 1.807) is 19.2 Å². The molecule has 1 amide bonds. The summed E-state index contributed by atoms with van der Waals surface area (Å²) in [5.41, 5.74) is 4.48. The van der Waals surface area contributed by atoms with Gasteiger partial charge in [0.2, 0.25) is 5.89 Å². The van der Waals surface area contributed by atoms with Gasteiger partial charge >= 0.3 is 0 Å². The number of nitrogens with zero attached hydrogens (tertiary/aromatic N) is 1. The summed E-state index contributed by atoms with van der Waals surface area (Å²) in [5, 5.41) is 2.96. The molecule has 5 heteroatoms. The SMILES string of the molecule is COc1ccc2oc(-c3ccc(C)c(NC(=O)c4ccccc4)c3)nc2c1. The predicted octanol–water partition coefficient (Wildman–Crippen LogP) is 5.06. The van der Waals surface area contributed by atoms with Gasteiger partial charge in [0.15, 0.2) is 5.58 Å². The van der Waals surface area contributed by atoms with Crippen molar-refractivity contribution in [1.82, 2.24) is 4.98 Å². The highest BCUT2D eigenvalue weighted by Crippen LogP contribution is 2.29. The molecule has 4 rings (SSSR count). The Balaban J connectivity index is 1.67. The van der Waals surface area contributed by atoms with Crippen LogP contribution in [0.4, 0.5) is 5.69 Å². The summed E-state index contributed by atoms with van der Waals surface area (Å²) < 4.78 is 11.1. The Hall–Kier alpha value is -3.60. The van der Waals surface area contributed by atoms with Crippen LogP contribution in [0.2, 0.25) is 0 Å². The zero-order valence-corrected chi connectivity index (χ0v) is 15.0. The molecule has 5 nitrogen and oxygen atoms in total. The van der Waals surface area contributed by atoms with Crippen LogP contribution < -0.4 is 10.1 Å². The molecule has 27 heavy (non-hydrogen) atoms. The topological polar surface area (TPSA) is 64.4 Å². The summed E-state index contributed by atoms with van der Waals surface area (Å²) in [6.07, 6.45) is 0. The Labute approximate surface area is 156 Å². The van der Waals surface area contributed by atoms with Crippen molar-refractivity contribution in [2.75, 3.05) is 12.4 Å². The monoisotopic (exact) mass is 358 g/mol. The number of hydrogen-bond donors (Lipinski definition) is 1. The third kappa shape index (κ3) is 3.40. The Morgan fingerprint density at radius 1 is 1.04 bits per heavy atom. The smallest absolute Gasteiger partial charge is 0.255 e. The first-order valence-corrected chi connectivity index (χ1v) is 8.56. The van der Waals surface area contributed by atoms with E-state index in [4.69, 9.17) is 9.15 Å². The first-order valence-electron chi connectivity index (χ1n) is 8.56. The van der Waals surface area contributed by atoms with Crippen molar-refractivity contribution in [2.24, 2.45) is 0 Å². The van der Waals surface area contributed by atoms with Crippen LogP contribution in [0, 0.1) is 6.92 Å². The van der Waals surface area contributed by atoms with E-state index >= 15 is 0 Å². The number of aryl methyl sites for hydroxylation is 1. The van der Waals surface area contributed by atoms with Gasteiger partial charge in [-0.3, -0.25) is 4.79 Å². The lowest BCUT2D eigenvalue weighted by molar-refractivity contribution is 0.102. The third-order valence-electron chi connectivity index (χ3n) is 4.36. The molecule has 0 unspecified atom stereocenters. The van der Waals surface area contributed by atoms with E-state index in [-0.39, 0.29) is 5.91 Å². The Bertz CT molecular complexity index is 1120. The van der Waals surface area contributed by atoms with Crippen molar-refractivity contribution in [3.05, 3.63) is 77.9 Å². The molecule has 0 saturated heterocycles. The molecule has 0 spiro atoms. The van der Waals surface area contributed by atoms with Crippen LogP contribution >= 0.6 is 0 Å². The molecule has 0 radical (unpaired) electrons. The van der Waals surface area contributed by atoms with Crippen LogP contribution in [-0.4, -0.2) is 18.0 Å². The maximum Gasteiger partial charge on any atom is 0.255 e. The molecular formula is C22H18N2O3. The van der Waals surface area contributed by atoms with Crippen LogP contribution in [0.3, 0.4) is 0 Å². The number of amides is 1. The summed E-state index contributed by atoms with van der Waals surface area (Å²) in [6.45, 7) is 1.95. The summed E-state index contributed by atoms with van der Waals surface area (Å²) in [6, 6.07) is 20.3. The number of hydrogen-bond acceptors (Lipinski definition) is 4. The third-order valence-corrected chi connectivity index (χ3v) is 4.36. The second kappa shape index (κ2) is 6.96. The van der Waals surface area contributed by atoms with E-state index in [0.29, 0.717) is 17.0 Å². The number of ether oxygens (including phenoxy) is 1. The van der Waals surface area contributed by atoms with Gasteiger partial charge in [0.1, 0.15) is 11.3 Å². The van der Waals surface area contributed by atoms with Crippen LogP contribution in [0.15, 0.2) is 71.1 Å². The number of nitrogens with one attached hydrogen (secondary N) is 1. The molecule has 1 N–H and O–H groups in total. The average molecular weight is 358 g/mol. The quantitative estimate of drug-likeness (QED) is 0.553. The zero-order valence-electron chi connectivity index (χ0n) is 15.0. The highest BCUT2D eigenvalue weighted by molar-refractivity contribution is 6.04. The largest absolute Gasteiger partial charge is 0.497 e. The van der Waals surface area contributed by atoms with Gasteiger partial charge in [-0.2, -0.15) is 0 Å². The van der Waals surface area contributed by atoms with E-state index in [9.17, 15) is 4.79 Å². The second-order valence-electron chi connectivity index (χ2n) is 6.20. The molecule has 1 aromatic heterocycles. The van der Waals surface area contributed by atoms with E-state index in [1.165, 1.54) is 0 Å². The summed E-state index contributed by atoms with van der Waals surface area (Å²) in [5.74, 6) is 1.06. The number of aromatic nitrogens is 1. The van der Waals surface area contributed by atoms with Crippen LogP contribution in [-0.2, 0) is 0 Å². The Morgan fingerprint density at radius 2 is 1.85 bits per heavy atom. The van der Waals surface area contributed by atoms with E-state index in [0.717, 1.165) is 28.1 Å². The van der Waals surface area contributed by atoms with Crippen LogP contribution in [0.5, 0.6) is 5.75 Å². The fraction of sp³-hybridized carbons (Fsp3) is 0.0909. The maximum atomic E-state index is 12.5. The minimum absolute atomic E-state index is 0.154. The van der Waals surface area contributed by atoms with E-state index in [2.05, 4.69) is 10.3 Å². The molecule has 0 atom stereocenters. The number of methoxy groups -OCH3 is 1. The maximum absolute atomic E-state index is 12.5. The molecule has 0 aliphatic carbocycles. The number of anilines is 1. The molecule has 0 saturated carbocycles. The lowest BCUT2D eigenvalue weighted by Gasteiger charge is -2.09. The van der Waals surface area contributed by atoms with Crippen molar-refractivity contribution < 1.29 is 13.9 Å². The predicted molar refractivity (Wildman–Crippen MR) is 105 cm³/mol. The van der Waals surface area contributed by atoms with Crippen LogP contribution in [0.25, 0.3) is 22.6 Å². The van der Waals surface area contributed by atoms with Gasteiger partial charge in [-0.05, 0) is 48.9 Å². The molecule has 0 aliphatic rings. The first-order chi connectivity index (χ1) is 13.1. The van der Waals surface area contributed by atoms with Gasteiger partial charge in [-0.1, -0.05) is 24.3 Å². The number of oxazole rings is 1. The van der Waals surface area contributed by atoms with E-state index < -0.39 is 0 Å². The lowest BCUT2D eigenvalue weighted by atomic mass is 10.1. The standard InChI is InChI=1S/C22H18N2O3/c1-14-8-9-16(12-18(14)23-21(25)15-6-4-3-5-7-15)22-24-19-13-17(26-2)10-11-20(19)27-22/h3-13H,1-2H3,(H,23,25). The molecule has 0 fully saturated rings. The average Bonchev–Trinajstić information content (AvgIpc) is 3.13. The van der Waals surface area contributed by atoms with Gasteiger partial charge in [0, 0.05) is 22.9 Å². The molecular weight excluding hydrogens is 340 g/mol. The van der Waals surface area contributed by atoms with Crippen molar-refractivity contribution >= 4 is 22.7 Å². The molecule has 134 valence electrons. The Kier molecular flexibility index (Phi) is 4.34. The number of carbonyl (C=O) groups excluding carboxylic acids is 1. The fourth-order valence-electron chi connectivity index (χ4n) is 2.83.